The molecule has 2 aromatic carbocycles. The van der Waals surface area contributed by atoms with Gasteiger partial charge in [-0.15, -0.1) is 0 Å². The van der Waals surface area contributed by atoms with Gasteiger partial charge in [0.1, 0.15) is 5.58 Å². The van der Waals surface area contributed by atoms with Crippen molar-refractivity contribution >= 4 is 28.5 Å². The summed E-state index contributed by atoms with van der Waals surface area (Å²) in [6.45, 7) is 5.62. The second-order valence-electron chi connectivity index (χ2n) is 6.44. The van der Waals surface area contributed by atoms with E-state index < -0.39 is 12.1 Å². The van der Waals surface area contributed by atoms with Crippen molar-refractivity contribution in [3.63, 3.8) is 0 Å². The van der Waals surface area contributed by atoms with Gasteiger partial charge in [0, 0.05) is 18.3 Å². The van der Waals surface area contributed by atoms with Crippen molar-refractivity contribution in [2.24, 2.45) is 0 Å². The number of anilines is 1. The first kappa shape index (κ1) is 19.4. The maximum atomic E-state index is 12.7. The fourth-order valence-electron chi connectivity index (χ4n) is 2.93. The summed E-state index contributed by atoms with van der Waals surface area (Å²) in [4.78, 5) is 39.0. The Morgan fingerprint density at radius 1 is 1.11 bits per heavy atom. The number of para-hydroxylation sites is 1. The SMILES string of the molecule is CCN(C(=O)[C@H](C)OC(=O)c1cc(=O)c2cc(C)ccc2o1)c1ccccc1. The average Bonchev–Trinajstić information content (AvgIpc) is 2.69. The number of nitrogens with zero attached hydrogens (tertiary/aromatic N) is 1. The van der Waals surface area contributed by atoms with E-state index in [-0.39, 0.29) is 17.1 Å². The molecule has 0 radical (unpaired) electrons. The number of carbonyl (C=O) groups excluding carboxylic acids is 2. The molecule has 0 aliphatic carbocycles. The Hall–Kier alpha value is -3.41. The molecule has 0 N–H and O–H groups in total. The zero-order valence-corrected chi connectivity index (χ0v) is 16.0. The summed E-state index contributed by atoms with van der Waals surface area (Å²) < 4.78 is 10.8. The molecule has 28 heavy (non-hydrogen) atoms. The van der Waals surface area contributed by atoms with Crippen molar-refractivity contribution in [1.82, 2.24) is 0 Å². The van der Waals surface area contributed by atoms with Crippen molar-refractivity contribution in [2.45, 2.75) is 26.9 Å². The molecular formula is C22H21NO5. The smallest absolute Gasteiger partial charge is 0.375 e. The second kappa shape index (κ2) is 8.08. The lowest BCUT2D eigenvalue weighted by atomic mass is 10.1. The number of hydrogen-bond acceptors (Lipinski definition) is 5. The molecule has 0 saturated heterocycles. The maximum Gasteiger partial charge on any atom is 0.375 e. The highest BCUT2D eigenvalue weighted by atomic mass is 16.6. The van der Waals surface area contributed by atoms with E-state index in [4.69, 9.17) is 9.15 Å². The van der Waals surface area contributed by atoms with Crippen LogP contribution in [0.4, 0.5) is 5.69 Å². The van der Waals surface area contributed by atoms with E-state index in [2.05, 4.69) is 0 Å². The zero-order valence-electron chi connectivity index (χ0n) is 16.0. The first-order chi connectivity index (χ1) is 13.4. The number of benzene rings is 2. The molecular weight excluding hydrogens is 358 g/mol. The predicted molar refractivity (Wildman–Crippen MR) is 107 cm³/mol. The van der Waals surface area contributed by atoms with E-state index in [0.29, 0.717) is 23.2 Å². The normalized spacial score (nSPS) is 11.8. The van der Waals surface area contributed by atoms with Crippen LogP contribution in [0.15, 0.2) is 63.8 Å². The Morgan fingerprint density at radius 2 is 1.82 bits per heavy atom. The Bertz CT molecular complexity index is 1070. The van der Waals surface area contributed by atoms with Crippen LogP contribution in [-0.4, -0.2) is 24.5 Å². The third kappa shape index (κ3) is 3.96. The summed E-state index contributed by atoms with van der Waals surface area (Å²) >= 11 is 0. The third-order valence-corrected chi connectivity index (χ3v) is 4.37. The summed E-state index contributed by atoms with van der Waals surface area (Å²) in [5.41, 5.74) is 1.58. The minimum absolute atomic E-state index is 0.233. The number of esters is 1. The van der Waals surface area contributed by atoms with Gasteiger partial charge in [-0.05, 0) is 45.0 Å². The van der Waals surface area contributed by atoms with Crippen molar-refractivity contribution < 1.29 is 18.7 Å². The van der Waals surface area contributed by atoms with Gasteiger partial charge in [-0.3, -0.25) is 9.59 Å². The number of carbonyl (C=O) groups is 2. The highest BCUT2D eigenvalue weighted by Crippen LogP contribution is 2.17. The van der Waals surface area contributed by atoms with Crippen molar-refractivity contribution in [3.05, 3.63) is 76.1 Å². The number of fused-ring (bicyclic) bond motifs is 1. The summed E-state index contributed by atoms with van der Waals surface area (Å²) in [5, 5.41) is 0.391. The molecule has 144 valence electrons. The Labute approximate surface area is 162 Å². The van der Waals surface area contributed by atoms with Gasteiger partial charge in [-0.2, -0.15) is 0 Å². The molecule has 3 rings (SSSR count). The molecule has 3 aromatic rings. The lowest BCUT2D eigenvalue weighted by Crippen LogP contribution is -2.40. The highest BCUT2D eigenvalue weighted by Gasteiger charge is 2.26. The fraction of sp³-hybridized carbons (Fsp3) is 0.227. The minimum Gasteiger partial charge on any atom is -0.449 e. The van der Waals surface area contributed by atoms with Crippen LogP contribution in [-0.2, 0) is 9.53 Å². The molecule has 0 saturated carbocycles. The summed E-state index contributed by atoms with van der Waals surface area (Å²) in [5.74, 6) is -1.45. The monoisotopic (exact) mass is 379 g/mol. The first-order valence-corrected chi connectivity index (χ1v) is 9.02. The van der Waals surface area contributed by atoms with E-state index in [0.717, 1.165) is 11.6 Å². The molecule has 6 heteroatoms. The number of likely N-dealkylation sites (N-methyl/N-ethyl adjacent to an activating group) is 1. The topological polar surface area (TPSA) is 76.8 Å². The molecule has 1 heterocycles. The van der Waals surface area contributed by atoms with Crippen LogP contribution in [0.3, 0.4) is 0 Å². The van der Waals surface area contributed by atoms with Gasteiger partial charge in [-0.1, -0.05) is 29.8 Å². The quantitative estimate of drug-likeness (QED) is 0.632. The number of hydrogen-bond donors (Lipinski definition) is 0. The van der Waals surface area contributed by atoms with E-state index in [1.165, 1.54) is 11.8 Å². The van der Waals surface area contributed by atoms with Gasteiger partial charge < -0.3 is 14.1 Å². The number of amides is 1. The molecule has 0 fully saturated rings. The van der Waals surface area contributed by atoms with Crippen LogP contribution in [0.25, 0.3) is 11.0 Å². The van der Waals surface area contributed by atoms with Crippen molar-refractivity contribution in [3.8, 4) is 0 Å². The highest BCUT2D eigenvalue weighted by molar-refractivity contribution is 5.98. The molecule has 0 spiro atoms. The molecule has 1 aromatic heterocycles. The molecule has 0 aliphatic rings. The van der Waals surface area contributed by atoms with Gasteiger partial charge in [0.15, 0.2) is 11.5 Å². The molecule has 1 atom stereocenters. The van der Waals surface area contributed by atoms with Crippen LogP contribution in [0.1, 0.15) is 30.0 Å². The summed E-state index contributed by atoms with van der Waals surface area (Å²) in [7, 11) is 0. The second-order valence-corrected chi connectivity index (χ2v) is 6.44. The fourth-order valence-corrected chi connectivity index (χ4v) is 2.93. The van der Waals surface area contributed by atoms with Gasteiger partial charge in [0.2, 0.25) is 5.76 Å². The lowest BCUT2D eigenvalue weighted by Gasteiger charge is -2.24. The van der Waals surface area contributed by atoms with Crippen LogP contribution in [0.5, 0.6) is 0 Å². The van der Waals surface area contributed by atoms with Gasteiger partial charge in [-0.25, -0.2) is 4.79 Å². The van der Waals surface area contributed by atoms with Crippen LogP contribution in [0, 0.1) is 6.92 Å². The number of rotatable bonds is 5. The van der Waals surface area contributed by atoms with E-state index in [1.54, 1.807) is 30.3 Å². The van der Waals surface area contributed by atoms with Crippen LogP contribution >= 0.6 is 0 Å². The van der Waals surface area contributed by atoms with Gasteiger partial charge in [0.05, 0.1) is 5.39 Å². The van der Waals surface area contributed by atoms with E-state index in [1.807, 2.05) is 32.0 Å². The number of aryl methyl sites for hydroxylation is 1. The standard InChI is InChI=1S/C22H21NO5/c1-4-23(16-8-6-5-7-9-16)21(25)15(3)27-22(26)20-13-18(24)17-12-14(2)10-11-19(17)28-20/h5-13,15H,4H2,1-3H3/t15-/m0/s1. The van der Waals surface area contributed by atoms with Crippen LogP contribution < -0.4 is 10.3 Å². The van der Waals surface area contributed by atoms with Gasteiger partial charge in [0.25, 0.3) is 5.91 Å². The average molecular weight is 379 g/mol. The van der Waals surface area contributed by atoms with Crippen LogP contribution in [0.2, 0.25) is 0 Å². The molecule has 0 bridgehead atoms. The van der Waals surface area contributed by atoms with E-state index >= 15 is 0 Å². The maximum absolute atomic E-state index is 12.7. The van der Waals surface area contributed by atoms with E-state index in [9.17, 15) is 14.4 Å². The Balaban J connectivity index is 1.80. The lowest BCUT2D eigenvalue weighted by molar-refractivity contribution is -0.126. The molecule has 0 aliphatic heterocycles. The molecule has 0 unspecified atom stereocenters. The first-order valence-electron chi connectivity index (χ1n) is 9.02. The Kier molecular flexibility index (Phi) is 5.59. The largest absolute Gasteiger partial charge is 0.449 e. The molecule has 6 nitrogen and oxygen atoms in total. The third-order valence-electron chi connectivity index (χ3n) is 4.37. The predicted octanol–water partition coefficient (Wildman–Crippen LogP) is 3.70. The Morgan fingerprint density at radius 3 is 2.50 bits per heavy atom. The van der Waals surface area contributed by atoms with Crippen molar-refractivity contribution in [2.75, 3.05) is 11.4 Å². The molecule has 1 amide bonds. The van der Waals surface area contributed by atoms with Crippen molar-refractivity contribution in [1.29, 1.82) is 0 Å². The van der Waals surface area contributed by atoms with Gasteiger partial charge >= 0.3 is 5.97 Å². The zero-order chi connectivity index (χ0) is 20.3. The number of ether oxygens (including phenoxy) is 1. The summed E-state index contributed by atoms with van der Waals surface area (Å²) in [6.07, 6.45) is -1.04. The summed E-state index contributed by atoms with van der Waals surface area (Å²) in [6, 6.07) is 15.3. The minimum atomic E-state index is -1.04.